The number of rotatable bonds is 4. The van der Waals surface area contributed by atoms with Gasteiger partial charge in [0.2, 0.25) is 5.91 Å². The van der Waals surface area contributed by atoms with Gasteiger partial charge in [-0.3, -0.25) is 9.69 Å². The second-order valence-electron chi connectivity index (χ2n) is 7.48. The first-order valence-electron chi connectivity index (χ1n) is 9.38. The number of cyclic esters (lactones) is 1. The van der Waals surface area contributed by atoms with Gasteiger partial charge in [-0.2, -0.15) is 11.8 Å². The van der Waals surface area contributed by atoms with Crippen LogP contribution >= 0.6 is 11.8 Å². The molecule has 6 nitrogen and oxygen atoms in total. The molecule has 3 heterocycles. The maximum absolute atomic E-state index is 14.9. The predicted octanol–water partition coefficient (Wildman–Crippen LogP) is 2.62. The fourth-order valence-corrected chi connectivity index (χ4v) is 5.51. The van der Waals surface area contributed by atoms with E-state index in [1.807, 2.05) is 11.8 Å². The predicted molar refractivity (Wildman–Crippen MR) is 104 cm³/mol. The molecule has 1 aromatic carbocycles. The van der Waals surface area contributed by atoms with Crippen molar-refractivity contribution >= 4 is 35.1 Å². The number of benzene rings is 1. The van der Waals surface area contributed by atoms with Crippen molar-refractivity contribution in [3.05, 3.63) is 24.0 Å². The van der Waals surface area contributed by atoms with E-state index in [1.54, 1.807) is 12.1 Å². The highest BCUT2D eigenvalue weighted by atomic mass is 32.2. The van der Waals surface area contributed by atoms with Gasteiger partial charge in [0.15, 0.2) is 0 Å². The van der Waals surface area contributed by atoms with Gasteiger partial charge < -0.3 is 15.0 Å². The number of carbonyl (C=O) groups is 2. The summed E-state index contributed by atoms with van der Waals surface area (Å²) in [7, 11) is 0. The minimum atomic E-state index is -0.512. The summed E-state index contributed by atoms with van der Waals surface area (Å²) in [4.78, 5) is 26.7. The summed E-state index contributed by atoms with van der Waals surface area (Å²) < 4.78 is 20.1. The lowest BCUT2D eigenvalue weighted by atomic mass is 10.1. The van der Waals surface area contributed by atoms with Crippen molar-refractivity contribution in [2.45, 2.75) is 31.1 Å². The molecule has 1 aromatic rings. The van der Waals surface area contributed by atoms with Gasteiger partial charge in [0.1, 0.15) is 11.9 Å². The number of nitrogens with zero attached hydrogens (tertiary/aromatic N) is 2. The molecule has 27 heavy (non-hydrogen) atoms. The molecule has 0 saturated carbocycles. The monoisotopic (exact) mass is 393 g/mol. The van der Waals surface area contributed by atoms with Gasteiger partial charge in [-0.15, -0.1) is 0 Å². The SMILES string of the molecule is CC(=O)NCC1CN(c2ccc(N3CC[C@@H]4CC(CS4)C3)c(F)c2)C(=O)O1. The molecule has 3 atom stereocenters. The third-order valence-electron chi connectivity index (χ3n) is 5.40. The fourth-order valence-electron chi connectivity index (χ4n) is 4.05. The Bertz CT molecular complexity index is 747. The van der Waals surface area contributed by atoms with E-state index >= 15 is 0 Å². The van der Waals surface area contributed by atoms with E-state index < -0.39 is 12.2 Å². The zero-order valence-corrected chi connectivity index (χ0v) is 16.1. The zero-order chi connectivity index (χ0) is 19.0. The molecule has 2 bridgehead atoms. The lowest BCUT2D eigenvalue weighted by molar-refractivity contribution is -0.119. The molecule has 0 spiro atoms. The van der Waals surface area contributed by atoms with E-state index in [-0.39, 0.29) is 18.3 Å². The fraction of sp³-hybridized carbons (Fsp3) is 0.579. The molecule has 2 amide bonds. The van der Waals surface area contributed by atoms with Gasteiger partial charge in [-0.1, -0.05) is 0 Å². The topological polar surface area (TPSA) is 61.9 Å². The van der Waals surface area contributed by atoms with Crippen LogP contribution in [0.25, 0.3) is 0 Å². The highest BCUT2D eigenvalue weighted by molar-refractivity contribution is 8.00. The van der Waals surface area contributed by atoms with Gasteiger partial charge in [0, 0.05) is 25.3 Å². The molecule has 3 aliphatic heterocycles. The number of hydrogen-bond acceptors (Lipinski definition) is 5. The number of anilines is 2. The van der Waals surface area contributed by atoms with Crippen molar-refractivity contribution in [1.29, 1.82) is 0 Å². The summed E-state index contributed by atoms with van der Waals surface area (Å²) >= 11 is 2.05. The molecule has 8 heteroatoms. The molecular formula is C19H24FN3O3S. The summed E-state index contributed by atoms with van der Waals surface area (Å²) in [5.74, 6) is 1.31. The van der Waals surface area contributed by atoms with E-state index in [4.69, 9.17) is 4.74 Å². The van der Waals surface area contributed by atoms with Crippen LogP contribution in [-0.4, -0.2) is 55.3 Å². The Morgan fingerprint density at radius 3 is 3.04 bits per heavy atom. The highest BCUT2D eigenvalue weighted by Gasteiger charge is 2.34. The molecule has 1 N–H and O–H groups in total. The van der Waals surface area contributed by atoms with Crippen molar-refractivity contribution in [2.75, 3.05) is 41.7 Å². The van der Waals surface area contributed by atoms with Gasteiger partial charge in [-0.25, -0.2) is 9.18 Å². The normalized spacial score (nSPS) is 27.5. The summed E-state index contributed by atoms with van der Waals surface area (Å²) in [6, 6.07) is 4.96. The van der Waals surface area contributed by atoms with E-state index in [0.29, 0.717) is 29.1 Å². The number of halogens is 1. The van der Waals surface area contributed by atoms with Crippen LogP contribution in [-0.2, 0) is 9.53 Å². The number of carbonyl (C=O) groups excluding carboxylic acids is 2. The first kappa shape index (κ1) is 18.4. The second-order valence-corrected chi connectivity index (χ2v) is 8.81. The molecule has 3 aliphatic rings. The maximum atomic E-state index is 14.9. The van der Waals surface area contributed by atoms with Crippen LogP contribution in [0.4, 0.5) is 20.6 Å². The summed E-state index contributed by atoms with van der Waals surface area (Å²) in [5, 5.41) is 3.35. The minimum Gasteiger partial charge on any atom is -0.442 e. The first-order valence-corrected chi connectivity index (χ1v) is 10.4. The number of thioether (sulfide) groups is 1. The van der Waals surface area contributed by atoms with Crippen LogP contribution in [0.5, 0.6) is 0 Å². The highest BCUT2D eigenvalue weighted by Crippen LogP contribution is 2.38. The van der Waals surface area contributed by atoms with Crippen LogP contribution in [0, 0.1) is 11.7 Å². The molecular weight excluding hydrogens is 369 g/mol. The Morgan fingerprint density at radius 2 is 2.26 bits per heavy atom. The third-order valence-corrected chi connectivity index (χ3v) is 6.96. The van der Waals surface area contributed by atoms with Crippen LogP contribution in [0.2, 0.25) is 0 Å². The number of ether oxygens (including phenoxy) is 1. The molecule has 3 saturated heterocycles. The molecule has 2 unspecified atom stereocenters. The van der Waals surface area contributed by atoms with Crippen molar-refractivity contribution in [3.8, 4) is 0 Å². The van der Waals surface area contributed by atoms with Crippen molar-refractivity contribution < 1.29 is 18.7 Å². The summed E-state index contributed by atoms with van der Waals surface area (Å²) in [5.41, 5.74) is 1.09. The number of nitrogens with one attached hydrogen (secondary N) is 1. The zero-order valence-electron chi connectivity index (χ0n) is 15.3. The molecule has 0 aliphatic carbocycles. The van der Waals surface area contributed by atoms with Crippen molar-refractivity contribution in [2.24, 2.45) is 5.92 Å². The smallest absolute Gasteiger partial charge is 0.414 e. The number of amides is 2. The van der Waals surface area contributed by atoms with Gasteiger partial charge >= 0.3 is 6.09 Å². The average Bonchev–Trinajstić information content (AvgIpc) is 3.15. The van der Waals surface area contributed by atoms with E-state index in [9.17, 15) is 14.0 Å². The summed E-state index contributed by atoms with van der Waals surface area (Å²) in [6.07, 6.45) is 1.38. The third kappa shape index (κ3) is 4.00. The lowest BCUT2D eigenvalue weighted by Crippen LogP contribution is -2.33. The Kier molecular flexibility index (Phi) is 5.16. The van der Waals surface area contributed by atoms with E-state index in [1.165, 1.54) is 24.3 Å². The van der Waals surface area contributed by atoms with Crippen LogP contribution < -0.4 is 15.1 Å². The van der Waals surface area contributed by atoms with Crippen LogP contribution in [0.15, 0.2) is 18.2 Å². The molecule has 0 radical (unpaired) electrons. The first-order chi connectivity index (χ1) is 13.0. The maximum Gasteiger partial charge on any atom is 0.414 e. The van der Waals surface area contributed by atoms with Crippen molar-refractivity contribution in [3.63, 3.8) is 0 Å². The Labute approximate surface area is 162 Å². The quantitative estimate of drug-likeness (QED) is 0.852. The van der Waals surface area contributed by atoms with E-state index in [2.05, 4.69) is 10.2 Å². The lowest BCUT2D eigenvalue weighted by Gasteiger charge is -2.27. The number of fused-ring (bicyclic) bond motifs is 2. The molecule has 3 fully saturated rings. The number of hydrogen-bond donors (Lipinski definition) is 1. The largest absolute Gasteiger partial charge is 0.442 e. The summed E-state index contributed by atoms with van der Waals surface area (Å²) in [6.45, 7) is 3.73. The minimum absolute atomic E-state index is 0.176. The van der Waals surface area contributed by atoms with Gasteiger partial charge in [0.25, 0.3) is 0 Å². The van der Waals surface area contributed by atoms with Gasteiger partial charge in [-0.05, 0) is 42.7 Å². The van der Waals surface area contributed by atoms with Crippen LogP contribution in [0.1, 0.15) is 19.8 Å². The molecule has 146 valence electrons. The Morgan fingerprint density at radius 1 is 1.41 bits per heavy atom. The van der Waals surface area contributed by atoms with Gasteiger partial charge in [0.05, 0.1) is 24.5 Å². The average molecular weight is 393 g/mol. The Hall–Kier alpha value is -1.96. The molecule has 0 aromatic heterocycles. The van der Waals surface area contributed by atoms with Crippen LogP contribution in [0.3, 0.4) is 0 Å². The second kappa shape index (κ2) is 7.58. The van der Waals surface area contributed by atoms with Crippen molar-refractivity contribution in [1.82, 2.24) is 5.32 Å². The Balaban J connectivity index is 1.45. The molecule has 4 rings (SSSR count). The standard InChI is InChI=1S/C19H24FN3O3S/c1-12(24)21-8-15-10-23(19(25)26-15)14-2-3-18(17(20)7-14)22-5-4-16-6-13(9-22)11-27-16/h2-3,7,13,15-16H,4-6,8-11H2,1H3,(H,21,24)/t13?,15?,16-/m1/s1. The van der Waals surface area contributed by atoms with E-state index in [0.717, 1.165) is 25.3 Å².